The zero-order valence-corrected chi connectivity index (χ0v) is 13.4. The first-order valence-corrected chi connectivity index (χ1v) is 7.42. The van der Waals surface area contributed by atoms with E-state index < -0.39 is 0 Å². The summed E-state index contributed by atoms with van der Waals surface area (Å²) in [5.74, 6) is 1.08. The number of hydrogen-bond acceptors (Lipinski definition) is 4. The van der Waals surface area contributed by atoms with E-state index in [0.717, 1.165) is 37.8 Å². The van der Waals surface area contributed by atoms with Crippen LogP contribution in [0.4, 0.5) is 5.82 Å². The van der Waals surface area contributed by atoms with E-state index in [1.54, 1.807) is 0 Å². The lowest BCUT2D eigenvalue weighted by Crippen LogP contribution is -2.44. The van der Waals surface area contributed by atoms with E-state index >= 15 is 0 Å². The molecule has 0 aliphatic carbocycles. The number of nitrogens with zero attached hydrogens (tertiary/aromatic N) is 2. The van der Waals surface area contributed by atoms with Gasteiger partial charge in [0, 0.05) is 24.2 Å². The molecule has 0 aromatic carbocycles. The summed E-state index contributed by atoms with van der Waals surface area (Å²) in [5, 5.41) is 3.23. The Morgan fingerprint density at radius 1 is 1.40 bits per heavy atom. The number of ether oxygens (including phenoxy) is 1. The number of nitrogens with one attached hydrogen (secondary N) is 1. The standard InChI is InChI=1S/C16H27N3O/c1-12-11-20-7-6-19(12)15-9-13(10-17-5)8-14(18-15)16(2,3)4/h8-9,12,17H,6-7,10-11H2,1-5H3. The second-order valence-electron chi connectivity index (χ2n) is 6.62. The van der Waals surface area contributed by atoms with E-state index in [-0.39, 0.29) is 5.41 Å². The van der Waals surface area contributed by atoms with Gasteiger partial charge in [-0.25, -0.2) is 4.98 Å². The second kappa shape index (κ2) is 6.10. The number of morpholine rings is 1. The molecule has 0 spiro atoms. The van der Waals surface area contributed by atoms with Crippen LogP contribution in [0.25, 0.3) is 0 Å². The Kier molecular flexibility index (Phi) is 4.66. The van der Waals surface area contributed by atoms with Crippen molar-refractivity contribution in [3.63, 3.8) is 0 Å². The summed E-state index contributed by atoms with van der Waals surface area (Å²) < 4.78 is 5.53. The Morgan fingerprint density at radius 3 is 2.75 bits per heavy atom. The van der Waals surface area contributed by atoms with Gasteiger partial charge in [0.1, 0.15) is 5.82 Å². The summed E-state index contributed by atoms with van der Waals surface area (Å²) >= 11 is 0. The van der Waals surface area contributed by atoms with Gasteiger partial charge in [-0.3, -0.25) is 0 Å². The molecule has 2 rings (SSSR count). The zero-order chi connectivity index (χ0) is 14.8. The smallest absolute Gasteiger partial charge is 0.129 e. The highest BCUT2D eigenvalue weighted by molar-refractivity contribution is 5.45. The third-order valence-corrected chi connectivity index (χ3v) is 3.68. The van der Waals surface area contributed by atoms with Crippen LogP contribution in [0, 0.1) is 0 Å². The molecule has 20 heavy (non-hydrogen) atoms. The summed E-state index contributed by atoms with van der Waals surface area (Å²) in [6, 6.07) is 4.80. The highest BCUT2D eigenvalue weighted by Gasteiger charge is 2.23. The van der Waals surface area contributed by atoms with Gasteiger partial charge in [-0.1, -0.05) is 20.8 Å². The molecule has 1 aromatic rings. The molecule has 1 fully saturated rings. The largest absolute Gasteiger partial charge is 0.377 e. The zero-order valence-electron chi connectivity index (χ0n) is 13.4. The average molecular weight is 277 g/mol. The molecule has 1 aliphatic rings. The van der Waals surface area contributed by atoms with Crippen molar-refractivity contribution in [2.24, 2.45) is 0 Å². The Balaban J connectivity index is 2.38. The number of anilines is 1. The van der Waals surface area contributed by atoms with Gasteiger partial charge in [-0.2, -0.15) is 0 Å². The van der Waals surface area contributed by atoms with Crippen molar-refractivity contribution in [2.45, 2.75) is 45.7 Å². The van der Waals surface area contributed by atoms with Crippen LogP contribution < -0.4 is 10.2 Å². The van der Waals surface area contributed by atoms with E-state index in [1.807, 2.05) is 7.05 Å². The van der Waals surface area contributed by atoms with Crippen molar-refractivity contribution in [2.75, 3.05) is 31.7 Å². The molecule has 4 heteroatoms. The van der Waals surface area contributed by atoms with Gasteiger partial charge in [-0.15, -0.1) is 0 Å². The Morgan fingerprint density at radius 2 is 2.15 bits per heavy atom. The minimum absolute atomic E-state index is 0.0635. The number of aromatic nitrogens is 1. The molecule has 2 heterocycles. The molecular formula is C16H27N3O. The van der Waals surface area contributed by atoms with Crippen LogP contribution in [0.15, 0.2) is 12.1 Å². The molecule has 1 saturated heterocycles. The van der Waals surface area contributed by atoms with E-state index in [4.69, 9.17) is 9.72 Å². The predicted octanol–water partition coefficient (Wildman–Crippen LogP) is 2.32. The lowest BCUT2D eigenvalue weighted by molar-refractivity contribution is 0.0985. The van der Waals surface area contributed by atoms with Crippen LogP contribution >= 0.6 is 0 Å². The van der Waals surface area contributed by atoms with Crippen molar-refractivity contribution in [1.29, 1.82) is 0 Å². The van der Waals surface area contributed by atoms with Crippen LogP contribution in [0.1, 0.15) is 39.0 Å². The summed E-state index contributed by atoms with van der Waals surface area (Å²) in [7, 11) is 1.98. The molecular weight excluding hydrogens is 250 g/mol. The van der Waals surface area contributed by atoms with Crippen molar-refractivity contribution < 1.29 is 4.74 Å². The van der Waals surface area contributed by atoms with Crippen LogP contribution in [-0.2, 0) is 16.7 Å². The normalized spacial score (nSPS) is 20.2. The molecule has 1 unspecified atom stereocenters. The molecule has 4 nitrogen and oxygen atoms in total. The van der Waals surface area contributed by atoms with Gasteiger partial charge in [0.2, 0.25) is 0 Å². The fourth-order valence-corrected chi connectivity index (χ4v) is 2.48. The van der Waals surface area contributed by atoms with Gasteiger partial charge < -0.3 is 15.0 Å². The monoisotopic (exact) mass is 277 g/mol. The maximum atomic E-state index is 5.53. The number of hydrogen-bond donors (Lipinski definition) is 1. The van der Waals surface area contributed by atoms with Crippen LogP contribution in [0.3, 0.4) is 0 Å². The Hall–Kier alpha value is -1.13. The minimum atomic E-state index is 0.0635. The van der Waals surface area contributed by atoms with Crippen LogP contribution in [0.2, 0.25) is 0 Å². The van der Waals surface area contributed by atoms with Crippen molar-refractivity contribution >= 4 is 5.82 Å². The number of rotatable bonds is 3. The van der Waals surface area contributed by atoms with Gasteiger partial charge in [0.15, 0.2) is 0 Å². The van der Waals surface area contributed by atoms with Crippen molar-refractivity contribution in [1.82, 2.24) is 10.3 Å². The molecule has 1 N–H and O–H groups in total. The lowest BCUT2D eigenvalue weighted by atomic mass is 9.90. The maximum Gasteiger partial charge on any atom is 0.129 e. The minimum Gasteiger partial charge on any atom is -0.377 e. The number of pyridine rings is 1. The SMILES string of the molecule is CNCc1cc(N2CCOCC2C)nc(C(C)(C)C)c1. The van der Waals surface area contributed by atoms with Gasteiger partial charge in [0.05, 0.1) is 19.3 Å². The van der Waals surface area contributed by atoms with Crippen molar-refractivity contribution in [3.8, 4) is 0 Å². The first-order valence-electron chi connectivity index (χ1n) is 7.42. The Labute approximate surface area is 122 Å². The van der Waals surface area contributed by atoms with Crippen LogP contribution in [-0.4, -0.2) is 37.8 Å². The van der Waals surface area contributed by atoms with E-state index in [2.05, 4.69) is 50.0 Å². The lowest BCUT2D eigenvalue weighted by Gasteiger charge is -2.35. The first-order chi connectivity index (χ1) is 9.41. The second-order valence-corrected chi connectivity index (χ2v) is 6.62. The molecule has 0 bridgehead atoms. The van der Waals surface area contributed by atoms with Crippen LogP contribution in [0.5, 0.6) is 0 Å². The summed E-state index contributed by atoms with van der Waals surface area (Å²) in [5.41, 5.74) is 2.51. The highest BCUT2D eigenvalue weighted by Crippen LogP contribution is 2.26. The fraction of sp³-hybridized carbons (Fsp3) is 0.688. The molecule has 112 valence electrons. The average Bonchev–Trinajstić information content (AvgIpc) is 2.38. The first kappa shape index (κ1) is 15.3. The maximum absolute atomic E-state index is 5.53. The molecule has 1 aromatic heterocycles. The van der Waals surface area contributed by atoms with E-state index in [0.29, 0.717) is 6.04 Å². The quantitative estimate of drug-likeness (QED) is 0.920. The van der Waals surface area contributed by atoms with Crippen molar-refractivity contribution in [3.05, 3.63) is 23.4 Å². The highest BCUT2D eigenvalue weighted by atomic mass is 16.5. The third kappa shape index (κ3) is 3.49. The Bertz CT molecular complexity index is 454. The summed E-state index contributed by atoms with van der Waals surface area (Å²) in [4.78, 5) is 7.26. The fourth-order valence-electron chi connectivity index (χ4n) is 2.48. The topological polar surface area (TPSA) is 37.4 Å². The van der Waals surface area contributed by atoms with Gasteiger partial charge >= 0.3 is 0 Å². The predicted molar refractivity (Wildman–Crippen MR) is 83.3 cm³/mol. The molecule has 0 amide bonds. The van der Waals surface area contributed by atoms with E-state index in [9.17, 15) is 0 Å². The molecule has 0 saturated carbocycles. The van der Waals surface area contributed by atoms with E-state index in [1.165, 1.54) is 5.56 Å². The molecule has 0 radical (unpaired) electrons. The van der Waals surface area contributed by atoms with Gasteiger partial charge in [-0.05, 0) is 31.7 Å². The summed E-state index contributed by atoms with van der Waals surface area (Å²) in [6.45, 7) is 12.2. The third-order valence-electron chi connectivity index (χ3n) is 3.68. The van der Waals surface area contributed by atoms with Gasteiger partial charge in [0.25, 0.3) is 0 Å². The molecule has 1 atom stereocenters. The molecule has 1 aliphatic heterocycles. The summed E-state index contributed by atoms with van der Waals surface area (Å²) in [6.07, 6.45) is 0.